The summed E-state index contributed by atoms with van der Waals surface area (Å²) < 4.78 is 0. The van der Waals surface area contributed by atoms with Crippen LogP contribution in [0, 0.1) is 11.8 Å². The Labute approximate surface area is 353 Å². The molecule has 24 nitrogen and oxygen atoms in total. The van der Waals surface area contributed by atoms with Crippen LogP contribution >= 0.6 is 0 Å². The Morgan fingerprint density at radius 1 is 0.525 bits per heavy atom. The number of hydrogen-bond donors (Lipinski definition) is 13. The number of aliphatic hydroxyl groups excluding tert-OH is 1. The van der Waals surface area contributed by atoms with Crippen LogP contribution in [0.15, 0.2) is 0 Å². The van der Waals surface area contributed by atoms with Crippen LogP contribution in [-0.2, 0) is 52.7 Å². The SMILES string of the molecule is CC(=O)N[C@@H](CCC(=O)O)C(=O)N[C@H](C(=O)N[C@@H](CCCCN)C(=O)N[C@@H](CCC(N)=O)C(=O)N[C@@H](CC(N)=O)C(=O)N[C@H](C(=O)N[C@@H](CC(C)C)C(N)=O)[C@@H](C)O)C(C)C. The van der Waals surface area contributed by atoms with Crippen LogP contribution in [-0.4, -0.2) is 130 Å². The standard InChI is InChI=1S/C37H65N11O13/c1-17(2)15-24(31(41)55)45-37(61)30(19(5)49)48-35(59)25(16-27(40)52)46-33(57)23(10-12-26(39)51)43-32(56)21(9-7-8-14-38)44-36(60)29(18(3)4)47-34(58)22(42-20(6)50)11-13-28(53)54/h17-19,21-25,29-30,49H,7-16,38H2,1-6H3,(H2,39,51)(H2,40,52)(H2,41,55)(H,42,50)(H,43,56)(H,44,60)(H,45,61)(H,46,57)(H,47,58)(H,48,59)(H,53,54)/t19-,21+,22+,23+,24+,25+,29+,30+/m1/s1. The highest BCUT2D eigenvalue weighted by Crippen LogP contribution is 2.10. The molecule has 0 spiro atoms. The topological polar surface area (TPSA) is 417 Å². The fourth-order valence-corrected chi connectivity index (χ4v) is 5.74. The zero-order chi connectivity index (χ0) is 47.1. The average molecular weight is 872 g/mol. The fraction of sp³-hybridized carbons (Fsp3) is 0.703. The van der Waals surface area contributed by atoms with Crippen LogP contribution in [0.4, 0.5) is 0 Å². The van der Waals surface area contributed by atoms with E-state index in [-0.39, 0.29) is 38.1 Å². The minimum absolute atomic E-state index is 0.0475. The van der Waals surface area contributed by atoms with E-state index in [0.29, 0.717) is 6.42 Å². The number of carboxylic acids is 1. The Hall–Kier alpha value is -5.91. The molecular weight excluding hydrogens is 806 g/mol. The van der Waals surface area contributed by atoms with Crippen molar-refractivity contribution in [3.05, 3.63) is 0 Å². The maximum Gasteiger partial charge on any atom is 0.303 e. The van der Waals surface area contributed by atoms with E-state index in [0.717, 1.165) is 13.8 Å². The van der Waals surface area contributed by atoms with Crippen LogP contribution in [0.3, 0.4) is 0 Å². The molecule has 61 heavy (non-hydrogen) atoms. The minimum atomic E-state index is -1.82. The van der Waals surface area contributed by atoms with Crippen molar-refractivity contribution in [2.45, 2.75) is 148 Å². The van der Waals surface area contributed by atoms with Gasteiger partial charge in [0, 0.05) is 19.8 Å². The van der Waals surface area contributed by atoms with Crippen LogP contribution < -0.4 is 60.2 Å². The predicted molar refractivity (Wildman–Crippen MR) is 216 cm³/mol. The molecule has 0 aromatic rings. The molecule has 0 fully saturated rings. The highest BCUT2D eigenvalue weighted by atomic mass is 16.4. The largest absolute Gasteiger partial charge is 0.481 e. The molecule has 0 unspecified atom stereocenters. The smallest absolute Gasteiger partial charge is 0.303 e. The van der Waals surface area contributed by atoms with E-state index in [4.69, 9.17) is 28.0 Å². The van der Waals surface area contributed by atoms with Gasteiger partial charge >= 0.3 is 5.97 Å². The highest BCUT2D eigenvalue weighted by molar-refractivity contribution is 5.99. The second-order valence-corrected chi connectivity index (χ2v) is 15.4. The number of carbonyl (C=O) groups is 11. The van der Waals surface area contributed by atoms with Crippen molar-refractivity contribution in [2.75, 3.05) is 6.54 Å². The molecule has 0 aromatic carbocycles. The van der Waals surface area contributed by atoms with Crippen molar-refractivity contribution in [3.8, 4) is 0 Å². The van der Waals surface area contributed by atoms with Crippen molar-refractivity contribution in [1.82, 2.24) is 37.2 Å². The first-order valence-electron chi connectivity index (χ1n) is 19.9. The zero-order valence-electron chi connectivity index (χ0n) is 35.5. The predicted octanol–water partition coefficient (Wildman–Crippen LogP) is -4.90. The van der Waals surface area contributed by atoms with Crippen molar-refractivity contribution in [1.29, 1.82) is 0 Å². The number of aliphatic carboxylic acids is 1. The van der Waals surface area contributed by atoms with Crippen molar-refractivity contribution >= 4 is 65.0 Å². The summed E-state index contributed by atoms with van der Waals surface area (Å²) >= 11 is 0. The van der Waals surface area contributed by atoms with Crippen molar-refractivity contribution in [2.24, 2.45) is 34.8 Å². The number of unbranched alkanes of at least 4 members (excludes halogenated alkanes) is 1. The van der Waals surface area contributed by atoms with Gasteiger partial charge in [-0.3, -0.25) is 52.7 Å². The lowest BCUT2D eigenvalue weighted by molar-refractivity contribution is -0.138. The molecule has 346 valence electrons. The fourth-order valence-electron chi connectivity index (χ4n) is 5.74. The molecule has 0 aliphatic rings. The van der Waals surface area contributed by atoms with Gasteiger partial charge in [-0.25, -0.2) is 0 Å². The molecule has 0 aliphatic carbocycles. The lowest BCUT2D eigenvalue weighted by Crippen LogP contribution is -2.62. The molecule has 0 saturated heterocycles. The van der Waals surface area contributed by atoms with Gasteiger partial charge in [0.25, 0.3) is 0 Å². The number of amides is 10. The van der Waals surface area contributed by atoms with Crippen LogP contribution in [0.25, 0.3) is 0 Å². The Balaban J connectivity index is 6.50. The molecule has 0 bridgehead atoms. The number of carbonyl (C=O) groups excluding carboxylic acids is 10. The van der Waals surface area contributed by atoms with Gasteiger partial charge in [0.15, 0.2) is 0 Å². The van der Waals surface area contributed by atoms with Gasteiger partial charge in [0.05, 0.1) is 12.5 Å². The summed E-state index contributed by atoms with van der Waals surface area (Å²) in [6, 6.07) is -10.4. The average Bonchev–Trinajstić information content (AvgIpc) is 3.13. The monoisotopic (exact) mass is 871 g/mol. The van der Waals surface area contributed by atoms with Crippen molar-refractivity contribution in [3.63, 3.8) is 0 Å². The third-order valence-electron chi connectivity index (χ3n) is 8.95. The number of aliphatic hydroxyl groups is 1. The lowest BCUT2D eigenvalue weighted by Gasteiger charge is -2.29. The van der Waals surface area contributed by atoms with E-state index >= 15 is 0 Å². The molecule has 0 aromatic heterocycles. The van der Waals surface area contributed by atoms with Gasteiger partial charge in [-0.1, -0.05) is 27.7 Å². The molecule has 0 saturated carbocycles. The summed E-state index contributed by atoms with van der Waals surface area (Å²) in [4.78, 5) is 140. The first kappa shape index (κ1) is 55.1. The number of carboxylic acid groups (broad SMARTS) is 1. The number of nitrogens with one attached hydrogen (secondary N) is 7. The molecule has 0 rings (SSSR count). The summed E-state index contributed by atoms with van der Waals surface area (Å²) in [6.45, 7) is 9.14. The Kier molecular flexibility index (Phi) is 25.1. The Morgan fingerprint density at radius 2 is 0.967 bits per heavy atom. The van der Waals surface area contributed by atoms with Gasteiger partial charge in [-0.05, 0) is 63.8 Å². The molecule has 17 N–H and O–H groups in total. The van der Waals surface area contributed by atoms with E-state index in [1.54, 1.807) is 27.7 Å². The maximum atomic E-state index is 13.8. The zero-order valence-corrected chi connectivity index (χ0v) is 35.5. The first-order chi connectivity index (χ1) is 28.3. The van der Waals surface area contributed by atoms with Crippen LogP contribution in [0.1, 0.15) is 99.3 Å². The van der Waals surface area contributed by atoms with Gasteiger partial charge in [-0.15, -0.1) is 0 Å². The minimum Gasteiger partial charge on any atom is -0.481 e. The highest BCUT2D eigenvalue weighted by Gasteiger charge is 2.36. The molecular formula is C37H65N11O13. The molecule has 10 amide bonds. The van der Waals surface area contributed by atoms with E-state index in [1.165, 1.54) is 0 Å². The third-order valence-corrected chi connectivity index (χ3v) is 8.95. The van der Waals surface area contributed by atoms with Crippen LogP contribution in [0.5, 0.6) is 0 Å². The van der Waals surface area contributed by atoms with Crippen molar-refractivity contribution < 1.29 is 63.0 Å². The Morgan fingerprint density at radius 3 is 1.43 bits per heavy atom. The molecule has 0 aliphatic heterocycles. The molecule has 0 radical (unpaired) electrons. The number of rotatable bonds is 30. The van der Waals surface area contributed by atoms with E-state index in [9.17, 15) is 57.8 Å². The molecule has 8 atom stereocenters. The normalized spacial score (nSPS) is 15.0. The number of primary amides is 3. The van der Waals surface area contributed by atoms with Gasteiger partial charge in [-0.2, -0.15) is 0 Å². The van der Waals surface area contributed by atoms with Gasteiger partial charge < -0.3 is 70.4 Å². The quantitative estimate of drug-likeness (QED) is 0.0301. The second kappa shape index (κ2) is 27.8. The Bertz CT molecular complexity index is 1570. The maximum absolute atomic E-state index is 13.8. The van der Waals surface area contributed by atoms with Gasteiger partial charge in [0.1, 0.15) is 42.3 Å². The first-order valence-corrected chi connectivity index (χ1v) is 19.9. The summed E-state index contributed by atoms with van der Waals surface area (Å²) in [5, 5.41) is 36.0. The number of nitrogens with two attached hydrogens (primary N) is 4. The van der Waals surface area contributed by atoms with E-state index < -0.39 is 145 Å². The third kappa shape index (κ3) is 22.3. The second-order valence-electron chi connectivity index (χ2n) is 15.4. The summed E-state index contributed by atoms with van der Waals surface area (Å²) in [7, 11) is 0. The van der Waals surface area contributed by atoms with Gasteiger partial charge in [0.2, 0.25) is 59.1 Å². The lowest BCUT2D eigenvalue weighted by atomic mass is 10.0. The van der Waals surface area contributed by atoms with Crippen LogP contribution in [0.2, 0.25) is 0 Å². The molecule has 0 heterocycles. The number of hydrogen-bond acceptors (Lipinski definition) is 13. The summed E-state index contributed by atoms with van der Waals surface area (Å²) in [6.07, 6.45) is -3.36. The summed E-state index contributed by atoms with van der Waals surface area (Å²) in [5.74, 6) is -11.5. The summed E-state index contributed by atoms with van der Waals surface area (Å²) in [5.41, 5.74) is 21.7. The van der Waals surface area contributed by atoms with E-state index in [2.05, 4.69) is 37.2 Å². The van der Waals surface area contributed by atoms with E-state index in [1.807, 2.05) is 0 Å². The molecule has 24 heteroatoms.